The molecule has 1 fully saturated rings. The summed E-state index contributed by atoms with van der Waals surface area (Å²) in [6.45, 7) is 3.61. The first kappa shape index (κ1) is 13.1. The third kappa shape index (κ3) is 2.51. The van der Waals surface area contributed by atoms with Gasteiger partial charge in [0.15, 0.2) is 5.65 Å². The average Bonchev–Trinajstić information content (AvgIpc) is 3.05. The van der Waals surface area contributed by atoms with E-state index in [0.29, 0.717) is 18.9 Å². The quantitative estimate of drug-likeness (QED) is 0.845. The van der Waals surface area contributed by atoms with Crippen molar-refractivity contribution in [1.82, 2.24) is 25.2 Å². The smallest absolute Gasteiger partial charge is 0.237 e. The largest absolute Gasteiger partial charge is 0.354 e. The molecule has 0 aliphatic carbocycles. The number of amides is 1. The van der Waals surface area contributed by atoms with Crippen molar-refractivity contribution in [1.29, 1.82) is 0 Å². The molecule has 1 amide bonds. The zero-order valence-corrected chi connectivity index (χ0v) is 11.5. The summed E-state index contributed by atoms with van der Waals surface area (Å²) >= 11 is 0. The average molecular weight is 273 g/mol. The highest BCUT2D eigenvalue weighted by molar-refractivity contribution is 5.82. The van der Waals surface area contributed by atoms with E-state index in [1.165, 1.54) is 0 Å². The Morgan fingerprint density at radius 3 is 3.20 bits per heavy atom. The van der Waals surface area contributed by atoms with Gasteiger partial charge >= 0.3 is 0 Å². The summed E-state index contributed by atoms with van der Waals surface area (Å²) in [5.74, 6) is 1.36. The van der Waals surface area contributed by atoms with Crippen molar-refractivity contribution < 1.29 is 4.79 Å². The first-order valence-corrected chi connectivity index (χ1v) is 7.05. The van der Waals surface area contributed by atoms with E-state index in [-0.39, 0.29) is 11.9 Å². The summed E-state index contributed by atoms with van der Waals surface area (Å²) in [6.07, 6.45) is 3.68. The van der Waals surface area contributed by atoms with Gasteiger partial charge in [-0.3, -0.25) is 9.20 Å². The summed E-state index contributed by atoms with van der Waals surface area (Å²) in [6, 6.07) is 5.75. The van der Waals surface area contributed by atoms with E-state index < -0.39 is 0 Å². The van der Waals surface area contributed by atoms with Gasteiger partial charge < -0.3 is 10.6 Å². The van der Waals surface area contributed by atoms with Crippen LogP contribution in [0.1, 0.15) is 19.2 Å². The monoisotopic (exact) mass is 273 g/mol. The number of hydrogen-bond acceptors (Lipinski definition) is 4. The van der Waals surface area contributed by atoms with Gasteiger partial charge in [-0.1, -0.05) is 13.0 Å². The molecular weight excluding hydrogens is 254 g/mol. The molecule has 2 aromatic heterocycles. The Morgan fingerprint density at radius 2 is 2.40 bits per heavy atom. The number of nitrogens with one attached hydrogen (secondary N) is 2. The number of nitrogens with zero attached hydrogens (tertiary/aromatic N) is 3. The summed E-state index contributed by atoms with van der Waals surface area (Å²) in [5, 5.41) is 14.5. The van der Waals surface area contributed by atoms with Crippen LogP contribution >= 0.6 is 0 Å². The number of aromatic nitrogens is 3. The van der Waals surface area contributed by atoms with Crippen molar-refractivity contribution in [3.8, 4) is 0 Å². The van der Waals surface area contributed by atoms with Gasteiger partial charge in [-0.25, -0.2) is 0 Å². The molecule has 1 aliphatic heterocycles. The fourth-order valence-corrected chi connectivity index (χ4v) is 2.65. The third-order valence-corrected chi connectivity index (χ3v) is 3.85. The van der Waals surface area contributed by atoms with Crippen LogP contribution in [0.15, 0.2) is 24.4 Å². The standard InChI is InChI=1S/C14H19N5O/c1-10-5-7-15-13(10)14(20)16-8-6-12-18-17-11-4-2-3-9-19(11)12/h2-4,9-10,13,15H,5-8H2,1H3,(H,16,20). The molecule has 2 unspecified atom stereocenters. The molecule has 0 radical (unpaired) electrons. The maximum atomic E-state index is 12.0. The molecule has 2 N–H and O–H groups in total. The van der Waals surface area contributed by atoms with E-state index in [9.17, 15) is 4.79 Å². The number of carbonyl (C=O) groups is 1. The predicted molar refractivity (Wildman–Crippen MR) is 75.3 cm³/mol. The molecule has 1 saturated heterocycles. The topological polar surface area (TPSA) is 71.3 Å². The Kier molecular flexibility index (Phi) is 3.64. The molecule has 1 aliphatic rings. The minimum Gasteiger partial charge on any atom is -0.354 e. The Labute approximate surface area is 117 Å². The van der Waals surface area contributed by atoms with Gasteiger partial charge in [-0.05, 0) is 31.0 Å². The fourth-order valence-electron chi connectivity index (χ4n) is 2.65. The first-order valence-electron chi connectivity index (χ1n) is 7.05. The Balaban J connectivity index is 1.56. The normalized spacial score (nSPS) is 22.2. The molecule has 6 nitrogen and oxygen atoms in total. The van der Waals surface area contributed by atoms with Crippen LogP contribution in [0.2, 0.25) is 0 Å². The maximum absolute atomic E-state index is 12.0. The minimum atomic E-state index is -0.0508. The van der Waals surface area contributed by atoms with Crippen molar-refractivity contribution >= 4 is 11.6 Å². The lowest BCUT2D eigenvalue weighted by Gasteiger charge is -2.15. The molecule has 0 saturated carbocycles. The second kappa shape index (κ2) is 5.58. The minimum absolute atomic E-state index is 0.0508. The number of pyridine rings is 1. The summed E-state index contributed by atoms with van der Waals surface area (Å²) in [5.41, 5.74) is 0.833. The van der Waals surface area contributed by atoms with Gasteiger partial charge in [-0.2, -0.15) is 0 Å². The summed E-state index contributed by atoms with van der Waals surface area (Å²) in [4.78, 5) is 12.0. The zero-order valence-electron chi connectivity index (χ0n) is 11.5. The van der Waals surface area contributed by atoms with Gasteiger partial charge in [0.25, 0.3) is 0 Å². The van der Waals surface area contributed by atoms with Gasteiger partial charge in [0, 0.05) is 19.2 Å². The summed E-state index contributed by atoms with van der Waals surface area (Å²) in [7, 11) is 0. The van der Waals surface area contributed by atoms with Crippen LogP contribution in [0.3, 0.4) is 0 Å². The van der Waals surface area contributed by atoms with Crippen molar-refractivity contribution in [2.75, 3.05) is 13.1 Å². The molecule has 106 valence electrons. The van der Waals surface area contributed by atoms with E-state index in [4.69, 9.17) is 0 Å². The Hall–Kier alpha value is -1.95. The molecule has 20 heavy (non-hydrogen) atoms. The second-order valence-electron chi connectivity index (χ2n) is 5.28. The van der Waals surface area contributed by atoms with Crippen LogP contribution in [-0.4, -0.2) is 39.6 Å². The van der Waals surface area contributed by atoms with Gasteiger partial charge in [-0.15, -0.1) is 10.2 Å². The SMILES string of the molecule is CC1CCNC1C(=O)NCCc1nnc2ccccn12. The molecule has 3 rings (SSSR count). The number of hydrogen-bond donors (Lipinski definition) is 2. The zero-order chi connectivity index (χ0) is 13.9. The Morgan fingerprint density at radius 1 is 1.50 bits per heavy atom. The summed E-state index contributed by atoms with van der Waals surface area (Å²) < 4.78 is 1.95. The molecule has 3 heterocycles. The van der Waals surface area contributed by atoms with E-state index in [1.807, 2.05) is 28.8 Å². The van der Waals surface area contributed by atoms with Gasteiger partial charge in [0.05, 0.1) is 6.04 Å². The van der Waals surface area contributed by atoms with Crippen molar-refractivity contribution in [2.24, 2.45) is 5.92 Å². The molecule has 6 heteroatoms. The number of carbonyl (C=O) groups excluding carboxylic acids is 1. The lowest BCUT2D eigenvalue weighted by Crippen LogP contribution is -2.43. The Bertz CT molecular complexity index is 608. The van der Waals surface area contributed by atoms with Crippen LogP contribution in [0.4, 0.5) is 0 Å². The molecule has 2 aromatic rings. The highest BCUT2D eigenvalue weighted by Gasteiger charge is 2.28. The molecule has 0 aromatic carbocycles. The van der Waals surface area contributed by atoms with Crippen LogP contribution < -0.4 is 10.6 Å². The number of fused-ring (bicyclic) bond motifs is 1. The van der Waals surface area contributed by atoms with Crippen LogP contribution in [0.25, 0.3) is 5.65 Å². The number of rotatable bonds is 4. The van der Waals surface area contributed by atoms with Crippen LogP contribution in [0.5, 0.6) is 0 Å². The predicted octanol–water partition coefficient (Wildman–Crippen LogP) is 0.386. The van der Waals surface area contributed by atoms with E-state index in [2.05, 4.69) is 27.8 Å². The molecule has 0 bridgehead atoms. The maximum Gasteiger partial charge on any atom is 0.237 e. The third-order valence-electron chi connectivity index (χ3n) is 3.85. The van der Waals surface area contributed by atoms with Crippen LogP contribution in [0, 0.1) is 5.92 Å². The lowest BCUT2D eigenvalue weighted by atomic mass is 10.0. The van der Waals surface area contributed by atoms with E-state index in [1.54, 1.807) is 0 Å². The lowest BCUT2D eigenvalue weighted by molar-refractivity contribution is -0.123. The highest BCUT2D eigenvalue weighted by atomic mass is 16.2. The molecular formula is C14H19N5O. The second-order valence-corrected chi connectivity index (χ2v) is 5.28. The van der Waals surface area contributed by atoms with Gasteiger partial charge in [0.1, 0.15) is 5.82 Å². The van der Waals surface area contributed by atoms with Crippen LogP contribution in [-0.2, 0) is 11.2 Å². The van der Waals surface area contributed by atoms with Gasteiger partial charge in [0.2, 0.25) is 5.91 Å². The molecule has 0 spiro atoms. The van der Waals surface area contributed by atoms with E-state index >= 15 is 0 Å². The first-order chi connectivity index (χ1) is 9.75. The van der Waals surface area contributed by atoms with Crippen molar-refractivity contribution in [3.05, 3.63) is 30.2 Å². The molecule has 2 atom stereocenters. The van der Waals surface area contributed by atoms with Crippen molar-refractivity contribution in [3.63, 3.8) is 0 Å². The fraction of sp³-hybridized carbons (Fsp3) is 0.500. The van der Waals surface area contributed by atoms with Crippen molar-refractivity contribution in [2.45, 2.75) is 25.8 Å². The highest BCUT2D eigenvalue weighted by Crippen LogP contribution is 2.14. The van der Waals surface area contributed by atoms with E-state index in [0.717, 1.165) is 24.4 Å².